The molecular weight excluding hydrogens is 238 g/mol. The Labute approximate surface area is 104 Å². The predicted molar refractivity (Wildman–Crippen MR) is 66.4 cm³/mol. The Morgan fingerprint density at radius 1 is 1.35 bits per heavy atom. The number of aromatic carboxylic acids is 1. The number of carbonyl (C=O) groups is 1. The minimum Gasteiger partial charge on any atom is -0.478 e. The largest absolute Gasteiger partial charge is 0.478 e. The molecule has 17 heavy (non-hydrogen) atoms. The van der Waals surface area contributed by atoms with Gasteiger partial charge in [0.1, 0.15) is 0 Å². The Hall–Kier alpha value is -1.87. The number of carboxylic acids is 1. The van der Waals surface area contributed by atoms with E-state index in [1.165, 1.54) is 6.07 Å². The van der Waals surface area contributed by atoms with E-state index in [1.807, 2.05) is 19.1 Å². The molecule has 0 spiro atoms. The second kappa shape index (κ2) is 4.55. The molecule has 1 heterocycles. The van der Waals surface area contributed by atoms with Gasteiger partial charge in [-0.05, 0) is 42.8 Å². The molecule has 2 rings (SSSR count). The van der Waals surface area contributed by atoms with Gasteiger partial charge < -0.3 is 5.11 Å². The third-order valence-electron chi connectivity index (χ3n) is 2.35. The SMILES string of the molecule is Cc1cc(Cl)cc(-c2ncccc2C(=O)O)c1. The smallest absolute Gasteiger partial charge is 0.337 e. The predicted octanol–water partition coefficient (Wildman–Crippen LogP) is 3.41. The zero-order chi connectivity index (χ0) is 12.4. The van der Waals surface area contributed by atoms with E-state index in [0.29, 0.717) is 16.3 Å². The Kier molecular flexibility index (Phi) is 3.11. The van der Waals surface area contributed by atoms with Crippen molar-refractivity contribution in [2.45, 2.75) is 6.92 Å². The molecule has 3 nitrogen and oxygen atoms in total. The summed E-state index contributed by atoms with van der Waals surface area (Å²) in [5, 5.41) is 9.66. The first kappa shape index (κ1) is 11.6. The van der Waals surface area contributed by atoms with Crippen molar-refractivity contribution in [2.24, 2.45) is 0 Å². The van der Waals surface area contributed by atoms with Gasteiger partial charge in [0.05, 0.1) is 11.3 Å². The molecule has 0 amide bonds. The average molecular weight is 248 g/mol. The summed E-state index contributed by atoms with van der Waals surface area (Å²) in [7, 11) is 0. The number of carboxylic acid groups (broad SMARTS) is 1. The van der Waals surface area contributed by atoms with Crippen LogP contribution >= 0.6 is 11.6 Å². The molecule has 1 N–H and O–H groups in total. The van der Waals surface area contributed by atoms with E-state index < -0.39 is 5.97 Å². The number of rotatable bonds is 2. The van der Waals surface area contributed by atoms with E-state index >= 15 is 0 Å². The number of aromatic nitrogens is 1. The molecule has 1 aromatic carbocycles. The van der Waals surface area contributed by atoms with Crippen molar-refractivity contribution < 1.29 is 9.90 Å². The molecule has 86 valence electrons. The summed E-state index contributed by atoms with van der Waals surface area (Å²) >= 11 is 5.96. The number of aryl methyl sites for hydroxylation is 1. The summed E-state index contributed by atoms with van der Waals surface area (Å²) in [6.07, 6.45) is 1.57. The van der Waals surface area contributed by atoms with Crippen LogP contribution in [-0.2, 0) is 0 Å². The monoisotopic (exact) mass is 247 g/mol. The summed E-state index contributed by atoms with van der Waals surface area (Å²) in [5.41, 5.74) is 2.29. The highest BCUT2D eigenvalue weighted by atomic mass is 35.5. The summed E-state index contributed by atoms with van der Waals surface area (Å²) in [6, 6.07) is 8.52. The first-order chi connectivity index (χ1) is 8.08. The molecule has 0 saturated carbocycles. The first-order valence-corrected chi connectivity index (χ1v) is 5.41. The van der Waals surface area contributed by atoms with Crippen molar-refractivity contribution in [3.05, 3.63) is 52.7 Å². The first-order valence-electron chi connectivity index (χ1n) is 5.04. The molecule has 1 aromatic heterocycles. The minimum absolute atomic E-state index is 0.175. The van der Waals surface area contributed by atoms with Gasteiger partial charge in [-0.1, -0.05) is 11.6 Å². The van der Waals surface area contributed by atoms with Gasteiger partial charge in [0, 0.05) is 16.8 Å². The van der Waals surface area contributed by atoms with Gasteiger partial charge in [0.15, 0.2) is 0 Å². The molecule has 0 saturated heterocycles. The third-order valence-corrected chi connectivity index (χ3v) is 2.57. The van der Waals surface area contributed by atoms with Crippen LogP contribution in [0.4, 0.5) is 0 Å². The molecule has 0 aliphatic carbocycles. The maximum Gasteiger partial charge on any atom is 0.337 e. The van der Waals surface area contributed by atoms with Crippen LogP contribution in [0.3, 0.4) is 0 Å². The van der Waals surface area contributed by atoms with Crippen LogP contribution in [0.15, 0.2) is 36.5 Å². The number of pyridine rings is 1. The molecule has 0 aliphatic rings. The lowest BCUT2D eigenvalue weighted by molar-refractivity contribution is 0.0697. The van der Waals surface area contributed by atoms with E-state index in [-0.39, 0.29) is 5.56 Å². The van der Waals surface area contributed by atoms with Gasteiger partial charge in [0.2, 0.25) is 0 Å². The van der Waals surface area contributed by atoms with Crippen LogP contribution in [-0.4, -0.2) is 16.1 Å². The zero-order valence-corrected chi connectivity index (χ0v) is 9.90. The summed E-state index contributed by atoms with van der Waals surface area (Å²) in [6.45, 7) is 1.90. The fourth-order valence-corrected chi connectivity index (χ4v) is 1.97. The molecular formula is C13H10ClNO2. The van der Waals surface area contributed by atoms with E-state index in [1.54, 1.807) is 18.3 Å². The van der Waals surface area contributed by atoms with Crippen LogP contribution in [0.2, 0.25) is 5.02 Å². The number of hydrogen-bond donors (Lipinski definition) is 1. The van der Waals surface area contributed by atoms with Crippen molar-refractivity contribution in [1.82, 2.24) is 4.98 Å². The van der Waals surface area contributed by atoms with Gasteiger partial charge in [-0.25, -0.2) is 4.79 Å². The second-order valence-electron chi connectivity index (χ2n) is 3.72. The molecule has 0 bridgehead atoms. The Morgan fingerprint density at radius 2 is 2.12 bits per heavy atom. The Bertz CT molecular complexity index is 561. The zero-order valence-electron chi connectivity index (χ0n) is 9.14. The fraction of sp³-hybridized carbons (Fsp3) is 0.0769. The van der Waals surface area contributed by atoms with Gasteiger partial charge in [0.25, 0.3) is 0 Å². The van der Waals surface area contributed by atoms with Crippen LogP contribution < -0.4 is 0 Å². The maximum absolute atomic E-state index is 11.1. The van der Waals surface area contributed by atoms with E-state index in [2.05, 4.69) is 4.98 Å². The number of hydrogen-bond acceptors (Lipinski definition) is 2. The Morgan fingerprint density at radius 3 is 2.76 bits per heavy atom. The molecule has 4 heteroatoms. The standard InChI is InChI=1S/C13H10ClNO2/c1-8-5-9(7-10(14)6-8)12-11(13(16)17)3-2-4-15-12/h2-7H,1H3,(H,16,17). The lowest BCUT2D eigenvalue weighted by Crippen LogP contribution is -2.01. The van der Waals surface area contributed by atoms with E-state index in [9.17, 15) is 4.79 Å². The van der Waals surface area contributed by atoms with Crippen LogP contribution in [0.1, 0.15) is 15.9 Å². The lowest BCUT2D eigenvalue weighted by Gasteiger charge is -2.06. The van der Waals surface area contributed by atoms with Crippen molar-refractivity contribution >= 4 is 17.6 Å². The van der Waals surface area contributed by atoms with Gasteiger partial charge >= 0.3 is 5.97 Å². The van der Waals surface area contributed by atoms with E-state index in [4.69, 9.17) is 16.7 Å². The third kappa shape index (κ3) is 2.45. The van der Waals surface area contributed by atoms with Crippen LogP contribution in [0, 0.1) is 6.92 Å². The molecule has 0 radical (unpaired) electrons. The molecule has 0 fully saturated rings. The molecule has 2 aromatic rings. The summed E-state index contributed by atoms with van der Waals surface area (Å²) < 4.78 is 0. The maximum atomic E-state index is 11.1. The van der Waals surface area contributed by atoms with E-state index in [0.717, 1.165) is 5.56 Å². The van der Waals surface area contributed by atoms with Crippen molar-refractivity contribution in [1.29, 1.82) is 0 Å². The topological polar surface area (TPSA) is 50.2 Å². The number of nitrogens with zero attached hydrogens (tertiary/aromatic N) is 1. The average Bonchev–Trinajstić information content (AvgIpc) is 2.27. The Balaban J connectivity index is 2.64. The summed E-state index contributed by atoms with van der Waals surface area (Å²) in [5.74, 6) is -0.995. The highest BCUT2D eigenvalue weighted by Gasteiger charge is 2.12. The number of benzene rings is 1. The lowest BCUT2D eigenvalue weighted by atomic mass is 10.0. The normalized spacial score (nSPS) is 10.2. The highest BCUT2D eigenvalue weighted by Crippen LogP contribution is 2.25. The molecule has 0 atom stereocenters. The second-order valence-corrected chi connectivity index (χ2v) is 4.16. The minimum atomic E-state index is -0.995. The van der Waals surface area contributed by atoms with Gasteiger partial charge in [-0.2, -0.15) is 0 Å². The van der Waals surface area contributed by atoms with Gasteiger partial charge in [-0.3, -0.25) is 4.98 Å². The fourth-order valence-electron chi connectivity index (χ4n) is 1.68. The van der Waals surface area contributed by atoms with Crippen molar-refractivity contribution in [3.63, 3.8) is 0 Å². The van der Waals surface area contributed by atoms with Crippen molar-refractivity contribution in [2.75, 3.05) is 0 Å². The van der Waals surface area contributed by atoms with Crippen molar-refractivity contribution in [3.8, 4) is 11.3 Å². The van der Waals surface area contributed by atoms with Crippen LogP contribution in [0.5, 0.6) is 0 Å². The van der Waals surface area contributed by atoms with Gasteiger partial charge in [-0.15, -0.1) is 0 Å². The molecule has 0 aliphatic heterocycles. The highest BCUT2D eigenvalue weighted by molar-refractivity contribution is 6.31. The number of halogens is 1. The summed E-state index contributed by atoms with van der Waals surface area (Å²) in [4.78, 5) is 15.2. The van der Waals surface area contributed by atoms with Crippen LogP contribution in [0.25, 0.3) is 11.3 Å². The molecule has 0 unspecified atom stereocenters. The quantitative estimate of drug-likeness (QED) is 0.885.